The fraction of sp³-hybridized carbons (Fsp3) is 0.923. The Balaban J connectivity index is 2.62. The Bertz CT molecular complexity index is 240. The molecule has 1 aliphatic rings. The van der Waals surface area contributed by atoms with Gasteiger partial charge in [0.25, 0.3) is 0 Å². The molecule has 0 aromatic rings. The maximum Gasteiger partial charge on any atom is 0.313 e. The molecule has 2 nitrogen and oxygen atoms in total. The Morgan fingerprint density at radius 2 is 1.94 bits per heavy atom. The molecule has 1 rings (SSSR count). The molecule has 1 unspecified atom stereocenters. The standard InChI is InChI=1S/C13H24O2S/c1-4-12(2,10-16)11(14)15-13(3)8-6-5-7-9-13/h16H,4-10H2,1-3H3. The summed E-state index contributed by atoms with van der Waals surface area (Å²) >= 11 is 4.26. The molecule has 1 atom stereocenters. The first kappa shape index (κ1) is 13.9. The van der Waals surface area contributed by atoms with Gasteiger partial charge in [-0.15, -0.1) is 0 Å². The zero-order valence-electron chi connectivity index (χ0n) is 10.7. The maximum atomic E-state index is 12.1. The smallest absolute Gasteiger partial charge is 0.313 e. The largest absolute Gasteiger partial charge is 0.459 e. The third-order valence-electron chi connectivity index (χ3n) is 3.87. The first-order chi connectivity index (χ1) is 7.46. The Morgan fingerprint density at radius 1 is 1.38 bits per heavy atom. The molecule has 0 amide bonds. The lowest BCUT2D eigenvalue weighted by Crippen LogP contribution is -2.40. The average Bonchev–Trinajstić information content (AvgIpc) is 2.28. The Labute approximate surface area is 105 Å². The summed E-state index contributed by atoms with van der Waals surface area (Å²) in [6.07, 6.45) is 6.41. The van der Waals surface area contributed by atoms with E-state index in [4.69, 9.17) is 4.74 Å². The number of rotatable bonds is 4. The molecule has 0 bridgehead atoms. The van der Waals surface area contributed by atoms with Gasteiger partial charge in [0.1, 0.15) is 5.60 Å². The van der Waals surface area contributed by atoms with Crippen LogP contribution in [-0.2, 0) is 9.53 Å². The van der Waals surface area contributed by atoms with Gasteiger partial charge in [-0.3, -0.25) is 4.79 Å². The van der Waals surface area contributed by atoms with E-state index in [0.29, 0.717) is 5.75 Å². The summed E-state index contributed by atoms with van der Waals surface area (Å²) in [5.74, 6) is 0.479. The first-order valence-corrected chi connectivity index (χ1v) is 6.93. The van der Waals surface area contributed by atoms with E-state index in [9.17, 15) is 4.79 Å². The topological polar surface area (TPSA) is 26.3 Å². The Kier molecular flexibility index (Phi) is 4.72. The highest BCUT2D eigenvalue weighted by Crippen LogP contribution is 2.34. The molecule has 16 heavy (non-hydrogen) atoms. The number of thiol groups is 1. The van der Waals surface area contributed by atoms with Crippen molar-refractivity contribution in [3.63, 3.8) is 0 Å². The predicted molar refractivity (Wildman–Crippen MR) is 69.8 cm³/mol. The molecule has 3 heteroatoms. The summed E-state index contributed by atoms with van der Waals surface area (Å²) in [5.41, 5.74) is -0.654. The van der Waals surface area contributed by atoms with Gasteiger partial charge in [0.05, 0.1) is 5.41 Å². The van der Waals surface area contributed by atoms with Gasteiger partial charge in [0.2, 0.25) is 0 Å². The summed E-state index contributed by atoms with van der Waals surface area (Å²) in [4.78, 5) is 12.1. The lowest BCUT2D eigenvalue weighted by atomic mass is 9.85. The van der Waals surface area contributed by atoms with Crippen LogP contribution in [0.3, 0.4) is 0 Å². The van der Waals surface area contributed by atoms with Crippen LogP contribution in [-0.4, -0.2) is 17.3 Å². The van der Waals surface area contributed by atoms with Gasteiger partial charge in [-0.05, 0) is 46.0 Å². The van der Waals surface area contributed by atoms with Crippen LogP contribution in [0.2, 0.25) is 0 Å². The molecular weight excluding hydrogens is 220 g/mol. The highest BCUT2D eigenvalue weighted by atomic mass is 32.1. The fourth-order valence-electron chi connectivity index (χ4n) is 2.07. The quantitative estimate of drug-likeness (QED) is 0.604. The van der Waals surface area contributed by atoms with Crippen molar-refractivity contribution in [2.24, 2.45) is 5.41 Å². The average molecular weight is 244 g/mol. The predicted octanol–water partition coefficient (Wildman–Crippen LogP) is 3.60. The molecule has 0 saturated heterocycles. The van der Waals surface area contributed by atoms with Crippen molar-refractivity contribution in [1.82, 2.24) is 0 Å². The van der Waals surface area contributed by atoms with Crippen LogP contribution in [0.25, 0.3) is 0 Å². The Hall–Kier alpha value is -0.180. The van der Waals surface area contributed by atoms with Gasteiger partial charge >= 0.3 is 5.97 Å². The zero-order chi connectivity index (χ0) is 12.2. The van der Waals surface area contributed by atoms with Crippen LogP contribution >= 0.6 is 12.6 Å². The molecule has 1 aliphatic carbocycles. The van der Waals surface area contributed by atoms with E-state index in [-0.39, 0.29) is 11.6 Å². The normalized spacial score (nSPS) is 23.5. The summed E-state index contributed by atoms with van der Waals surface area (Å²) in [6.45, 7) is 6.02. The molecule has 94 valence electrons. The van der Waals surface area contributed by atoms with E-state index in [1.54, 1.807) is 0 Å². The van der Waals surface area contributed by atoms with Gasteiger partial charge < -0.3 is 4.74 Å². The van der Waals surface area contributed by atoms with Crippen molar-refractivity contribution in [3.8, 4) is 0 Å². The molecule has 0 aromatic carbocycles. The monoisotopic (exact) mass is 244 g/mol. The maximum absolute atomic E-state index is 12.1. The summed E-state index contributed by atoms with van der Waals surface area (Å²) in [6, 6.07) is 0. The van der Waals surface area contributed by atoms with Crippen LogP contribution in [0.1, 0.15) is 59.3 Å². The van der Waals surface area contributed by atoms with Crippen molar-refractivity contribution >= 4 is 18.6 Å². The lowest BCUT2D eigenvalue weighted by Gasteiger charge is -2.36. The van der Waals surface area contributed by atoms with E-state index in [1.807, 2.05) is 13.8 Å². The van der Waals surface area contributed by atoms with Crippen molar-refractivity contribution < 1.29 is 9.53 Å². The molecule has 0 spiro atoms. The van der Waals surface area contributed by atoms with E-state index in [0.717, 1.165) is 19.3 Å². The van der Waals surface area contributed by atoms with E-state index in [1.165, 1.54) is 19.3 Å². The molecule has 0 heterocycles. The zero-order valence-corrected chi connectivity index (χ0v) is 11.6. The van der Waals surface area contributed by atoms with Crippen LogP contribution in [0, 0.1) is 5.41 Å². The summed E-state index contributed by atoms with van der Waals surface area (Å²) < 4.78 is 5.74. The molecular formula is C13H24O2S. The molecule has 0 aliphatic heterocycles. The van der Waals surface area contributed by atoms with Gasteiger partial charge in [0.15, 0.2) is 0 Å². The van der Waals surface area contributed by atoms with Crippen LogP contribution in [0.5, 0.6) is 0 Å². The molecule has 0 aromatic heterocycles. The van der Waals surface area contributed by atoms with Crippen molar-refractivity contribution in [3.05, 3.63) is 0 Å². The molecule has 1 saturated carbocycles. The second kappa shape index (κ2) is 5.44. The van der Waals surface area contributed by atoms with E-state index < -0.39 is 5.41 Å². The van der Waals surface area contributed by atoms with Gasteiger partial charge in [-0.2, -0.15) is 12.6 Å². The minimum Gasteiger partial charge on any atom is -0.459 e. The third-order valence-corrected chi connectivity index (χ3v) is 4.57. The third kappa shape index (κ3) is 3.16. The number of esters is 1. The lowest BCUT2D eigenvalue weighted by molar-refractivity contribution is -0.171. The highest BCUT2D eigenvalue weighted by molar-refractivity contribution is 7.80. The van der Waals surface area contributed by atoms with E-state index >= 15 is 0 Å². The van der Waals surface area contributed by atoms with Gasteiger partial charge in [-0.25, -0.2) is 0 Å². The van der Waals surface area contributed by atoms with Crippen LogP contribution in [0.15, 0.2) is 0 Å². The van der Waals surface area contributed by atoms with Crippen molar-refractivity contribution in [1.29, 1.82) is 0 Å². The second-order valence-corrected chi connectivity index (χ2v) is 5.79. The van der Waals surface area contributed by atoms with Crippen LogP contribution < -0.4 is 0 Å². The molecule has 1 fully saturated rings. The Morgan fingerprint density at radius 3 is 2.38 bits per heavy atom. The van der Waals surface area contributed by atoms with Gasteiger partial charge in [-0.1, -0.05) is 13.3 Å². The second-order valence-electron chi connectivity index (χ2n) is 5.47. The minimum absolute atomic E-state index is 0.0746. The minimum atomic E-state index is -0.427. The van der Waals surface area contributed by atoms with E-state index in [2.05, 4.69) is 19.6 Å². The fourth-order valence-corrected chi connectivity index (χ4v) is 2.42. The SMILES string of the molecule is CCC(C)(CS)C(=O)OC1(C)CCCCC1. The van der Waals surface area contributed by atoms with Crippen molar-refractivity contribution in [2.45, 2.75) is 64.9 Å². The number of hydrogen-bond donors (Lipinski definition) is 1. The van der Waals surface area contributed by atoms with Crippen LogP contribution in [0.4, 0.5) is 0 Å². The first-order valence-electron chi connectivity index (χ1n) is 6.30. The highest BCUT2D eigenvalue weighted by Gasteiger charge is 2.38. The van der Waals surface area contributed by atoms with Crippen molar-refractivity contribution in [2.75, 3.05) is 5.75 Å². The number of hydrogen-bond acceptors (Lipinski definition) is 3. The summed E-state index contributed by atoms with van der Waals surface area (Å²) in [7, 11) is 0. The number of ether oxygens (including phenoxy) is 1. The van der Waals surface area contributed by atoms with Gasteiger partial charge in [0, 0.05) is 5.75 Å². The number of carbonyl (C=O) groups excluding carboxylic acids is 1. The summed E-state index contributed by atoms with van der Waals surface area (Å²) in [5, 5.41) is 0. The number of carbonyl (C=O) groups is 1. The molecule has 0 N–H and O–H groups in total. The molecule has 0 radical (unpaired) electrons.